The van der Waals surface area contributed by atoms with E-state index in [0.717, 1.165) is 24.3 Å². The molecule has 4 nitrogen and oxygen atoms in total. The Bertz CT molecular complexity index is 670. The summed E-state index contributed by atoms with van der Waals surface area (Å²) in [7, 11) is 0. The number of aliphatic hydroxyl groups is 2. The van der Waals surface area contributed by atoms with E-state index in [4.69, 9.17) is 19.7 Å². The monoisotopic (exact) mass is 428 g/mol. The molecule has 0 aromatic heterocycles. The fraction of sp³-hybridized carbons (Fsp3) is 0.556. The third kappa shape index (κ3) is 7.55. The van der Waals surface area contributed by atoms with Crippen molar-refractivity contribution < 1.29 is 19.7 Å². The van der Waals surface area contributed by atoms with Crippen LogP contribution in [0.3, 0.4) is 0 Å². The fourth-order valence-corrected chi connectivity index (χ4v) is 4.41. The van der Waals surface area contributed by atoms with Gasteiger partial charge in [-0.25, -0.2) is 0 Å². The van der Waals surface area contributed by atoms with Gasteiger partial charge in [-0.1, -0.05) is 70.7 Å². The Morgan fingerprint density at radius 3 is 1.61 bits per heavy atom. The van der Waals surface area contributed by atoms with Crippen LogP contribution in [0.1, 0.15) is 70.4 Å². The summed E-state index contributed by atoms with van der Waals surface area (Å²) >= 11 is 0. The SMILES string of the molecule is CCCCCCC(CC(C)C)(c1ccc(OCCO)cc1)c1ccc(OCCO)cc1. The summed E-state index contributed by atoms with van der Waals surface area (Å²) in [6.45, 7) is 7.47. The molecular formula is C27H40O4. The predicted molar refractivity (Wildman–Crippen MR) is 127 cm³/mol. The summed E-state index contributed by atoms with van der Waals surface area (Å²) in [5, 5.41) is 18.1. The Balaban J connectivity index is 2.41. The highest BCUT2D eigenvalue weighted by Gasteiger charge is 2.34. The first-order valence-corrected chi connectivity index (χ1v) is 11.7. The Morgan fingerprint density at radius 1 is 0.742 bits per heavy atom. The zero-order valence-corrected chi connectivity index (χ0v) is 19.5. The zero-order valence-electron chi connectivity index (χ0n) is 19.5. The first-order chi connectivity index (χ1) is 15.1. The van der Waals surface area contributed by atoms with Gasteiger partial charge in [-0.2, -0.15) is 0 Å². The smallest absolute Gasteiger partial charge is 0.119 e. The highest BCUT2D eigenvalue weighted by atomic mass is 16.5. The topological polar surface area (TPSA) is 58.9 Å². The molecule has 2 aromatic carbocycles. The number of hydrogen-bond acceptors (Lipinski definition) is 4. The molecule has 31 heavy (non-hydrogen) atoms. The van der Waals surface area contributed by atoms with Crippen LogP contribution in [0.25, 0.3) is 0 Å². The summed E-state index contributed by atoms with van der Waals surface area (Å²) in [5.74, 6) is 2.12. The van der Waals surface area contributed by atoms with E-state index in [1.165, 1.54) is 36.8 Å². The largest absolute Gasteiger partial charge is 0.491 e. The van der Waals surface area contributed by atoms with Crippen molar-refractivity contribution >= 4 is 0 Å². The average molecular weight is 429 g/mol. The molecule has 0 atom stereocenters. The second kappa shape index (κ2) is 13.4. The van der Waals surface area contributed by atoms with Crippen LogP contribution in [-0.2, 0) is 5.41 Å². The predicted octanol–water partition coefficient (Wildman–Crippen LogP) is 5.73. The van der Waals surface area contributed by atoms with Gasteiger partial charge in [0, 0.05) is 5.41 Å². The molecule has 0 amide bonds. The van der Waals surface area contributed by atoms with Crippen LogP contribution in [-0.4, -0.2) is 36.6 Å². The Kier molecular flexibility index (Phi) is 10.9. The minimum atomic E-state index is -0.0765. The van der Waals surface area contributed by atoms with Crippen molar-refractivity contribution in [1.82, 2.24) is 0 Å². The number of aliphatic hydroxyl groups excluding tert-OH is 2. The van der Waals surface area contributed by atoms with Crippen LogP contribution >= 0.6 is 0 Å². The minimum Gasteiger partial charge on any atom is -0.491 e. The lowest BCUT2D eigenvalue weighted by atomic mass is 9.66. The molecule has 0 fully saturated rings. The van der Waals surface area contributed by atoms with Crippen LogP contribution in [0.15, 0.2) is 48.5 Å². The van der Waals surface area contributed by atoms with Crippen molar-refractivity contribution in [3.8, 4) is 11.5 Å². The van der Waals surface area contributed by atoms with Crippen LogP contribution in [0.4, 0.5) is 0 Å². The Morgan fingerprint density at radius 2 is 1.23 bits per heavy atom. The van der Waals surface area contributed by atoms with E-state index in [1.54, 1.807) is 0 Å². The lowest BCUT2D eigenvalue weighted by Gasteiger charge is -2.37. The van der Waals surface area contributed by atoms with Gasteiger partial charge in [-0.3, -0.25) is 0 Å². The molecule has 0 saturated carbocycles. The van der Waals surface area contributed by atoms with Crippen molar-refractivity contribution in [1.29, 1.82) is 0 Å². The molecule has 0 aliphatic rings. The standard InChI is InChI=1S/C27H40O4/c1-4-5-6-7-16-27(21-22(2)3,23-8-12-25(13-9-23)30-19-17-28)24-10-14-26(15-11-24)31-20-18-29/h8-15,22,28-29H,4-7,16-21H2,1-3H3. The van der Waals surface area contributed by atoms with Crippen molar-refractivity contribution in [2.75, 3.05) is 26.4 Å². The van der Waals surface area contributed by atoms with Crippen molar-refractivity contribution in [2.45, 2.75) is 64.7 Å². The van der Waals surface area contributed by atoms with Gasteiger partial charge in [-0.05, 0) is 54.2 Å². The average Bonchev–Trinajstić information content (AvgIpc) is 2.79. The number of benzene rings is 2. The number of rotatable bonds is 15. The van der Waals surface area contributed by atoms with E-state index >= 15 is 0 Å². The van der Waals surface area contributed by atoms with E-state index in [9.17, 15) is 0 Å². The molecule has 0 radical (unpaired) electrons. The van der Waals surface area contributed by atoms with Crippen LogP contribution in [0.5, 0.6) is 11.5 Å². The van der Waals surface area contributed by atoms with E-state index in [1.807, 2.05) is 24.3 Å². The van der Waals surface area contributed by atoms with Crippen molar-refractivity contribution in [3.05, 3.63) is 59.7 Å². The van der Waals surface area contributed by atoms with E-state index < -0.39 is 0 Å². The van der Waals surface area contributed by atoms with Gasteiger partial charge in [-0.15, -0.1) is 0 Å². The molecule has 0 spiro atoms. The van der Waals surface area contributed by atoms with E-state index in [0.29, 0.717) is 19.1 Å². The van der Waals surface area contributed by atoms with E-state index in [-0.39, 0.29) is 18.6 Å². The first-order valence-electron chi connectivity index (χ1n) is 11.7. The van der Waals surface area contributed by atoms with Crippen LogP contribution in [0, 0.1) is 5.92 Å². The van der Waals surface area contributed by atoms with Gasteiger partial charge in [0.2, 0.25) is 0 Å². The van der Waals surface area contributed by atoms with Gasteiger partial charge < -0.3 is 19.7 Å². The molecule has 0 saturated heterocycles. The molecule has 0 aliphatic heterocycles. The maximum Gasteiger partial charge on any atom is 0.119 e. The van der Waals surface area contributed by atoms with Gasteiger partial charge in [0.15, 0.2) is 0 Å². The quantitative estimate of drug-likeness (QED) is 0.356. The fourth-order valence-electron chi connectivity index (χ4n) is 4.41. The molecule has 0 unspecified atom stereocenters. The molecule has 0 aliphatic carbocycles. The van der Waals surface area contributed by atoms with Gasteiger partial charge in [0.25, 0.3) is 0 Å². The van der Waals surface area contributed by atoms with Gasteiger partial charge >= 0.3 is 0 Å². The van der Waals surface area contributed by atoms with Crippen LogP contribution in [0.2, 0.25) is 0 Å². The van der Waals surface area contributed by atoms with Crippen LogP contribution < -0.4 is 9.47 Å². The highest BCUT2D eigenvalue weighted by molar-refractivity contribution is 5.43. The number of hydrogen-bond donors (Lipinski definition) is 2. The third-order valence-electron chi connectivity index (χ3n) is 5.75. The lowest BCUT2D eigenvalue weighted by Crippen LogP contribution is -2.30. The summed E-state index contributed by atoms with van der Waals surface area (Å²) in [4.78, 5) is 0. The molecule has 4 heteroatoms. The molecule has 2 rings (SSSR count). The minimum absolute atomic E-state index is 0.0150. The summed E-state index contributed by atoms with van der Waals surface area (Å²) in [6.07, 6.45) is 7.08. The number of ether oxygens (including phenoxy) is 2. The second-order valence-electron chi connectivity index (χ2n) is 8.68. The molecular weight excluding hydrogens is 388 g/mol. The number of unbranched alkanes of at least 4 members (excludes halogenated alkanes) is 3. The summed E-state index contributed by atoms with van der Waals surface area (Å²) in [5.41, 5.74) is 2.53. The Hall–Kier alpha value is -2.04. The molecule has 172 valence electrons. The first kappa shape index (κ1) is 25.2. The highest BCUT2D eigenvalue weighted by Crippen LogP contribution is 2.43. The second-order valence-corrected chi connectivity index (χ2v) is 8.68. The Labute approximate surface area is 188 Å². The molecule has 0 bridgehead atoms. The molecule has 2 N–H and O–H groups in total. The normalized spacial score (nSPS) is 11.7. The zero-order chi connectivity index (χ0) is 22.5. The lowest BCUT2D eigenvalue weighted by molar-refractivity contribution is 0.201. The molecule has 2 aromatic rings. The maximum atomic E-state index is 9.03. The van der Waals surface area contributed by atoms with E-state index in [2.05, 4.69) is 45.0 Å². The third-order valence-corrected chi connectivity index (χ3v) is 5.75. The van der Waals surface area contributed by atoms with Crippen molar-refractivity contribution in [3.63, 3.8) is 0 Å². The van der Waals surface area contributed by atoms with Gasteiger partial charge in [0.1, 0.15) is 24.7 Å². The van der Waals surface area contributed by atoms with Gasteiger partial charge in [0.05, 0.1) is 13.2 Å². The van der Waals surface area contributed by atoms with Crippen molar-refractivity contribution in [2.24, 2.45) is 5.92 Å². The molecule has 0 heterocycles. The summed E-state index contributed by atoms with van der Waals surface area (Å²) in [6, 6.07) is 16.8. The summed E-state index contributed by atoms with van der Waals surface area (Å²) < 4.78 is 11.2. The maximum absolute atomic E-state index is 9.03.